The van der Waals surface area contributed by atoms with E-state index in [2.05, 4.69) is 10.4 Å². The number of amides is 1. The summed E-state index contributed by atoms with van der Waals surface area (Å²) in [4.78, 5) is 14.1. The second-order valence-corrected chi connectivity index (χ2v) is 8.16. The lowest BCUT2D eigenvalue weighted by molar-refractivity contribution is -0.122. The van der Waals surface area contributed by atoms with Crippen LogP contribution < -0.4 is 5.32 Å². The molecule has 1 fully saturated rings. The molecule has 5 nitrogen and oxygen atoms in total. The van der Waals surface area contributed by atoms with E-state index < -0.39 is 0 Å². The van der Waals surface area contributed by atoms with Crippen LogP contribution in [0.15, 0.2) is 64.5 Å². The fourth-order valence-electron chi connectivity index (χ4n) is 3.38. The van der Waals surface area contributed by atoms with Gasteiger partial charge in [-0.3, -0.25) is 9.48 Å². The Labute approximate surface area is 173 Å². The van der Waals surface area contributed by atoms with Crippen molar-refractivity contribution in [2.45, 2.75) is 22.6 Å². The molecule has 0 radical (unpaired) electrons. The summed E-state index contributed by atoms with van der Waals surface area (Å²) in [6.45, 7) is 1.19. The Bertz CT molecular complexity index is 998. The van der Waals surface area contributed by atoms with Crippen LogP contribution in [0.25, 0.3) is 11.3 Å². The minimum absolute atomic E-state index is 0.0737. The van der Waals surface area contributed by atoms with Crippen LogP contribution in [0.4, 0.5) is 10.1 Å². The molecule has 7 heteroatoms. The molecule has 150 valence electrons. The van der Waals surface area contributed by atoms with Crippen LogP contribution in [-0.2, 0) is 16.6 Å². The number of rotatable bonds is 5. The molecule has 29 heavy (non-hydrogen) atoms. The van der Waals surface area contributed by atoms with Gasteiger partial charge < -0.3 is 10.1 Å². The number of aromatic nitrogens is 2. The van der Waals surface area contributed by atoms with Gasteiger partial charge in [-0.1, -0.05) is 23.9 Å². The first-order valence-corrected chi connectivity index (χ1v) is 10.4. The third kappa shape index (κ3) is 4.86. The lowest BCUT2D eigenvalue weighted by Crippen LogP contribution is -2.28. The number of nitrogens with one attached hydrogen (secondary N) is 1. The van der Waals surface area contributed by atoms with Crippen molar-refractivity contribution in [3.05, 3.63) is 60.5 Å². The smallest absolute Gasteiger partial charge is 0.227 e. The SMILES string of the molecule is Cn1nccc1-c1ccc(Sc2cc(F)cc(NC(=O)C3CCOCC3)c2)cc1. The molecular weight excluding hydrogens is 389 g/mol. The van der Waals surface area contributed by atoms with Crippen molar-refractivity contribution in [3.63, 3.8) is 0 Å². The number of carbonyl (C=O) groups is 1. The Kier molecular flexibility index (Phi) is 5.97. The molecule has 1 amide bonds. The van der Waals surface area contributed by atoms with E-state index in [0.717, 1.165) is 21.0 Å². The average molecular weight is 412 g/mol. The summed E-state index contributed by atoms with van der Waals surface area (Å²) in [5.41, 5.74) is 2.58. The number of aryl methyl sites for hydroxylation is 1. The van der Waals surface area contributed by atoms with E-state index in [1.165, 1.54) is 23.9 Å². The first-order valence-electron chi connectivity index (χ1n) is 9.54. The van der Waals surface area contributed by atoms with Gasteiger partial charge in [0.15, 0.2) is 0 Å². The molecule has 0 unspecified atom stereocenters. The standard InChI is InChI=1S/C22H22FN3O2S/c1-26-21(6-9-24-26)15-2-4-19(5-3-15)29-20-13-17(23)12-18(14-20)25-22(27)16-7-10-28-11-8-16/h2-6,9,12-14,16H,7-8,10-11H2,1H3,(H,25,27). The van der Waals surface area contributed by atoms with E-state index in [4.69, 9.17) is 4.74 Å². The van der Waals surface area contributed by atoms with Crippen LogP contribution in [0.5, 0.6) is 0 Å². The number of benzene rings is 2. The molecule has 3 aromatic rings. The number of carbonyl (C=O) groups excluding carboxylic acids is 1. The first-order chi connectivity index (χ1) is 14.1. The summed E-state index contributed by atoms with van der Waals surface area (Å²) in [6, 6.07) is 14.6. The van der Waals surface area contributed by atoms with Gasteiger partial charge in [0.25, 0.3) is 0 Å². The van der Waals surface area contributed by atoms with Crippen LogP contribution >= 0.6 is 11.8 Å². The van der Waals surface area contributed by atoms with Gasteiger partial charge in [-0.15, -0.1) is 0 Å². The summed E-state index contributed by atoms with van der Waals surface area (Å²) >= 11 is 1.46. The second kappa shape index (κ2) is 8.80. The zero-order valence-electron chi connectivity index (χ0n) is 16.1. The molecule has 1 aliphatic heterocycles. The highest BCUT2D eigenvalue weighted by atomic mass is 32.2. The number of hydrogen-bond donors (Lipinski definition) is 1. The summed E-state index contributed by atoms with van der Waals surface area (Å²) < 4.78 is 21.2. The molecule has 1 N–H and O–H groups in total. The topological polar surface area (TPSA) is 56.2 Å². The van der Waals surface area contributed by atoms with Crippen molar-refractivity contribution in [2.75, 3.05) is 18.5 Å². The van der Waals surface area contributed by atoms with Crippen LogP contribution in [0.2, 0.25) is 0 Å². The maximum atomic E-state index is 14.1. The third-order valence-corrected chi connectivity index (χ3v) is 5.92. The normalized spacial score (nSPS) is 14.7. The molecule has 0 aliphatic carbocycles. The molecule has 1 aromatic heterocycles. The minimum atomic E-state index is -0.371. The highest BCUT2D eigenvalue weighted by Gasteiger charge is 2.21. The number of hydrogen-bond acceptors (Lipinski definition) is 4. The maximum absolute atomic E-state index is 14.1. The van der Waals surface area contributed by atoms with Gasteiger partial charge in [-0.05, 0) is 54.8 Å². The second-order valence-electron chi connectivity index (χ2n) is 7.02. The number of nitrogens with zero attached hydrogens (tertiary/aromatic N) is 2. The Morgan fingerprint density at radius 1 is 1.14 bits per heavy atom. The highest BCUT2D eigenvalue weighted by molar-refractivity contribution is 7.99. The summed E-state index contributed by atoms with van der Waals surface area (Å²) in [5.74, 6) is -0.526. The summed E-state index contributed by atoms with van der Waals surface area (Å²) in [5, 5.41) is 7.04. The van der Waals surface area contributed by atoms with Gasteiger partial charge in [-0.25, -0.2) is 4.39 Å². The van der Waals surface area contributed by atoms with E-state index in [9.17, 15) is 9.18 Å². The van der Waals surface area contributed by atoms with Crippen molar-refractivity contribution < 1.29 is 13.9 Å². The predicted octanol–water partition coefficient (Wildman–Crippen LogP) is 4.74. The molecule has 2 heterocycles. The lowest BCUT2D eigenvalue weighted by atomic mass is 9.99. The molecule has 0 saturated carbocycles. The average Bonchev–Trinajstić information content (AvgIpc) is 3.15. The predicted molar refractivity (Wildman–Crippen MR) is 111 cm³/mol. The molecule has 1 saturated heterocycles. The summed E-state index contributed by atoms with van der Waals surface area (Å²) in [6.07, 6.45) is 3.17. The molecule has 0 bridgehead atoms. The zero-order valence-corrected chi connectivity index (χ0v) is 16.9. The Morgan fingerprint density at radius 3 is 2.59 bits per heavy atom. The maximum Gasteiger partial charge on any atom is 0.227 e. The van der Waals surface area contributed by atoms with Crippen molar-refractivity contribution in [1.29, 1.82) is 0 Å². The Morgan fingerprint density at radius 2 is 1.90 bits per heavy atom. The number of ether oxygens (including phenoxy) is 1. The molecule has 0 spiro atoms. The lowest BCUT2D eigenvalue weighted by Gasteiger charge is -2.21. The van der Waals surface area contributed by atoms with Gasteiger partial charge in [0.1, 0.15) is 5.82 Å². The van der Waals surface area contributed by atoms with Gasteiger partial charge in [0.2, 0.25) is 5.91 Å². The Balaban J connectivity index is 1.46. The van der Waals surface area contributed by atoms with Gasteiger partial charge >= 0.3 is 0 Å². The van der Waals surface area contributed by atoms with Crippen LogP contribution in [0.3, 0.4) is 0 Å². The van der Waals surface area contributed by atoms with Crippen LogP contribution in [0, 0.1) is 11.7 Å². The quantitative estimate of drug-likeness (QED) is 0.659. The van der Waals surface area contributed by atoms with Gasteiger partial charge in [0.05, 0.1) is 5.69 Å². The van der Waals surface area contributed by atoms with E-state index >= 15 is 0 Å². The van der Waals surface area contributed by atoms with Gasteiger partial charge in [0, 0.05) is 47.9 Å². The zero-order chi connectivity index (χ0) is 20.2. The van der Waals surface area contributed by atoms with Crippen molar-refractivity contribution >= 4 is 23.4 Å². The van der Waals surface area contributed by atoms with Crippen molar-refractivity contribution in [1.82, 2.24) is 9.78 Å². The van der Waals surface area contributed by atoms with Crippen LogP contribution in [0.1, 0.15) is 12.8 Å². The van der Waals surface area contributed by atoms with E-state index in [1.54, 1.807) is 12.3 Å². The van der Waals surface area contributed by atoms with Crippen molar-refractivity contribution in [3.8, 4) is 11.3 Å². The van der Waals surface area contributed by atoms with E-state index in [1.807, 2.05) is 42.1 Å². The molecule has 2 aromatic carbocycles. The highest BCUT2D eigenvalue weighted by Crippen LogP contribution is 2.32. The van der Waals surface area contributed by atoms with Crippen molar-refractivity contribution in [2.24, 2.45) is 13.0 Å². The number of anilines is 1. The summed E-state index contributed by atoms with van der Waals surface area (Å²) in [7, 11) is 1.90. The monoisotopic (exact) mass is 411 g/mol. The molecular formula is C22H22FN3O2S. The molecule has 0 atom stereocenters. The van der Waals surface area contributed by atoms with Gasteiger partial charge in [-0.2, -0.15) is 5.10 Å². The number of halogens is 1. The molecule has 1 aliphatic rings. The van der Waals surface area contributed by atoms with E-state index in [0.29, 0.717) is 31.7 Å². The fraction of sp³-hybridized carbons (Fsp3) is 0.273. The largest absolute Gasteiger partial charge is 0.381 e. The van der Waals surface area contributed by atoms with Crippen LogP contribution in [-0.4, -0.2) is 28.9 Å². The van der Waals surface area contributed by atoms with E-state index in [-0.39, 0.29) is 17.6 Å². The fourth-order valence-corrected chi connectivity index (χ4v) is 4.29. The molecule has 4 rings (SSSR count). The first kappa shape index (κ1) is 19.7. The third-order valence-electron chi connectivity index (χ3n) is 4.94. The minimum Gasteiger partial charge on any atom is -0.381 e. The Hall–Kier alpha value is -2.64.